The topological polar surface area (TPSA) is 50.6 Å². The second kappa shape index (κ2) is 4.79. The van der Waals surface area contributed by atoms with Gasteiger partial charge in [0.15, 0.2) is 0 Å². The summed E-state index contributed by atoms with van der Waals surface area (Å²) in [5, 5.41) is 0. The molecule has 1 aromatic rings. The number of halogens is 3. The number of aromatic nitrogens is 2. The molecule has 5 nitrogen and oxygen atoms in total. The first kappa shape index (κ1) is 12.6. The molecular weight excluding hydrogens is 249 g/mol. The average molecular weight is 260 g/mol. The molecule has 18 heavy (non-hydrogen) atoms. The highest BCUT2D eigenvalue weighted by molar-refractivity contribution is 5.82. The van der Waals surface area contributed by atoms with E-state index in [1.165, 1.54) is 6.34 Å². The summed E-state index contributed by atoms with van der Waals surface area (Å²) >= 11 is 0. The molecule has 98 valence electrons. The van der Waals surface area contributed by atoms with Gasteiger partial charge in [0.25, 0.3) is 0 Å². The van der Waals surface area contributed by atoms with E-state index >= 15 is 0 Å². The summed E-state index contributed by atoms with van der Waals surface area (Å²) in [6.07, 6.45) is -1.93. The molecule has 1 aromatic heterocycles. The van der Waals surface area contributed by atoms with Crippen molar-refractivity contribution in [1.82, 2.24) is 9.97 Å². The predicted molar refractivity (Wildman–Crippen MR) is 58.9 cm³/mol. The molecule has 0 radical (unpaired) electrons. The van der Waals surface area contributed by atoms with Crippen molar-refractivity contribution in [2.24, 2.45) is 4.99 Å². The summed E-state index contributed by atoms with van der Waals surface area (Å²) in [5.74, 6) is -1.28. The molecule has 0 aromatic carbocycles. The lowest BCUT2D eigenvalue weighted by Gasteiger charge is -2.17. The number of nitrogens with zero attached hydrogens (tertiary/aromatic N) is 4. The fourth-order valence-electron chi connectivity index (χ4n) is 1.50. The van der Waals surface area contributed by atoms with E-state index < -0.39 is 12.0 Å². The summed E-state index contributed by atoms with van der Waals surface area (Å²) in [6, 6.07) is 0. The molecule has 0 unspecified atom stereocenters. The van der Waals surface area contributed by atoms with Crippen LogP contribution in [0.3, 0.4) is 0 Å². The van der Waals surface area contributed by atoms with Gasteiger partial charge in [-0.15, -0.1) is 0 Å². The molecule has 0 saturated heterocycles. The molecule has 0 aliphatic carbocycles. The van der Waals surface area contributed by atoms with Gasteiger partial charge < -0.3 is 9.64 Å². The Morgan fingerprint density at radius 2 is 2.22 bits per heavy atom. The Kier molecular flexibility index (Phi) is 3.35. The van der Waals surface area contributed by atoms with E-state index in [0.29, 0.717) is 18.8 Å². The van der Waals surface area contributed by atoms with Crippen LogP contribution >= 0.6 is 0 Å². The second-order valence-electron chi connectivity index (χ2n) is 3.53. The monoisotopic (exact) mass is 260 g/mol. The molecule has 2 rings (SSSR count). The van der Waals surface area contributed by atoms with Crippen molar-refractivity contribution in [1.29, 1.82) is 0 Å². The Morgan fingerprint density at radius 1 is 1.44 bits per heavy atom. The Hall–Kier alpha value is -1.86. The molecule has 0 fully saturated rings. The van der Waals surface area contributed by atoms with Gasteiger partial charge in [-0.05, 0) is 6.92 Å². The minimum atomic E-state index is -4.58. The summed E-state index contributed by atoms with van der Waals surface area (Å²) in [4.78, 5) is 12.4. The van der Waals surface area contributed by atoms with Crippen LogP contribution in [0, 0.1) is 0 Å². The van der Waals surface area contributed by atoms with Crippen LogP contribution in [-0.2, 0) is 6.18 Å². The standard InChI is InChI=1S/C10H11F3N4O/c1-2-18-8-7(17-4-3-14-6-17)5-15-9(16-8)10(11,12)13/h5-6H,2-4H2,1H3. The number of rotatable bonds is 3. The summed E-state index contributed by atoms with van der Waals surface area (Å²) in [7, 11) is 0. The van der Waals surface area contributed by atoms with Crippen LogP contribution in [0.1, 0.15) is 12.7 Å². The molecule has 1 aliphatic rings. The van der Waals surface area contributed by atoms with E-state index in [1.807, 2.05) is 0 Å². The summed E-state index contributed by atoms with van der Waals surface area (Å²) in [6.45, 7) is 3.07. The van der Waals surface area contributed by atoms with Gasteiger partial charge in [0.1, 0.15) is 5.69 Å². The average Bonchev–Trinajstić information content (AvgIpc) is 2.81. The number of hydrogen-bond acceptors (Lipinski definition) is 5. The maximum atomic E-state index is 12.5. The molecular formula is C10H11F3N4O. The lowest BCUT2D eigenvalue weighted by Crippen LogP contribution is -2.21. The smallest absolute Gasteiger partial charge is 0.451 e. The minimum Gasteiger partial charge on any atom is -0.476 e. The fraction of sp³-hybridized carbons (Fsp3) is 0.500. The van der Waals surface area contributed by atoms with E-state index in [4.69, 9.17) is 4.74 Å². The van der Waals surface area contributed by atoms with Crippen LogP contribution in [0.5, 0.6) is 5.88 Å². The van der Waals surface area contributed by atoms with Gasteiger partial charge in [-0.2, -0.15) is 18.2 Å². The first-order valence-electron chi connectivity index (χ1n) is 5.36. The van der Waals surface area contributed by atoms with Crippen LogP contribution in [-0.4, -0.2) is 36.0 Å². The van der Waals surface area contributed by atoms with Gasteiger partial charge in [-0.3, -0.25) is 4.99 Å². The molecule has 0 atom stereocenters. The van der Waals surface area contributed by atoms with E-state index in [1.54, 1.807) is 11.8 Å². The molecule has 1 aliphatic heterocycles. The maximum absolute atomic E-state index is 12.5. The lowest BCUT2D eigenvalue weighted by molar-refractivity contribution is -0.145. The predicted octanol–water partition coefficient (Wildman–Crippen LogP) is 1.74. The van der Waals surface area contributed by atoms with Crippen LogP contribution < -0.4 is 9.64 Å². The van der Waals surface area contributed by atoms with E-state index in [9.17, 15) is 13.2 Å². The number of anilines is 1. The first-order valence-corrected chi connectivity index (χ1v) is 5.36. The molecule has 0 spiro atoms. The van der Waals surface area contributed by atoms with E-state index in [-0.39, 0.29) is 12.5 Å². The maximum Gasteiger partial charge on any atom is 0.451 e. The largest absolute Gasteiger partial charge is 0.476 e. The molecule has 0 saturated carbocycles. The fourth-order valence-corrected chi connectivity index (χ4v) is 1.50. The van der Waals surface area contributed by atoms with Crippen molar-refractivity contribution in [3.8, 4) is 5.88 Å². The number of aliphatic imine (C=N–C) groups is 1. The quantitative estimate of drug-likeness (QED) is 0.830. The highest BCUT2D eigenvalue weighted by Crippen LogP contribution is 2.31. The van der Waals surface area contributed by atoms with Gasteiger partial charge in [-0.25, -0.2) is 4.98 Å². The van der Waals surface area contributed by atoms with Gasteiger partial charge in [0.2, 0.25) is 11.7 Å². The lowest BCUT2D eigenvalue weighted by atomic mass is 10.4. The van der Waals surface area contributed by atoms with Crippen molar-refractivity contribution in [3.05, 3.63) is 12.0 Å². The van der Waals surface area contributed by atoms with Crippen LogP contribution in [0.4, 0.5) is 18.9 Å². The number of alkyl halides is 3. The van der Waals surface area contributed by atoms with Crippen molar-refractivity contribution in [2.45, 2.75) is 13.1 Å². The summed E-state index contributed by atoms with van der Waals surface area (Å²) in [5.41, 5.74) is 0.395. The van der Waals surface area contributed by atoms with Gasteiger partial charge in [-0.1, -0.05) is 0 Å². The van der Waals surface area contributed by atoms with Gasteiger partial charge in [0.05, 0.1) is 25.7 Å². The van der Waals surface area contributed by atoms with Gasteiger partial charge >= 0.3 is 6.18 Å². The second-order valence-corrected chi connectivity index (χ2v) is 3.53. The zero-order chi connectivity index (χ0) is 13.2. The summed E-state index contributed by atoms with van der Waals surface area (Å²) < 4.78 is 42.6. The Bertz CT molecular complexity index is 461. The SMILES string of the molecule is CCOc1nc(C(F)(F)F)ncc1N1C=NCC1. The molecule has 0 bridgehead atoms. The highest BCUT2D eigenvalue weighted by Gasteiger charge is 2.36. The number of ether oxygens (including phenoxy) is 1. The van der Waals surface area contributed by atoms with E-state index in [0.717, 1.165) is 6.20 Å². The molecule has 0 amide bonds. The molecule has 8 heteroatoms. The van der Waals surface area contributed by atoms with Crippen molar-refractivity contribution >= 4 is 12.0 Å². The normalized spacial score (nSPS) is 15.2. The zero-order valence-corrected chi connectivity index (χ0v) is 9.61. The van der Waals surface area contributed by atoms with Crippen LogP contribution in [0.2, 0.25) is 0 Å². The third-order valence-electron chi connectivity index (χ3n) is 2.27. The Balaban J connectivity index is 2.37. The third-order valence-corrected chi connectivity index (χ3v) is 2.27. The highest BCUT2D eigenvalue weighted by atomic mass is 19.4. The third kappa shape index (κ3) is 2.52. The van der Waals surface area contributed by atoms with E-state index in [2.05, 4.69) is 15.0 Å². The zero-order valence-electron chi connectivity index (χ0n) is 9.61. The molecule has 0 N–H and O–H groups in total. The Labute approximate surface area is 101 Å². The Morgan fingerprint density at radius 3 is 2.78 bits per heavy atom. The van der Waals surface area contributed by atoms with Crippen molar-refractivity contribution < 1.29 is 17.9 Å². The number of hydrogen-bond donors (Lipinski definition) is 0. The van der Waals surface area contributed by atoms with Crippen molar-refractivity contribution in [3.63, 3.8) is 0 Å². The minimum absolute atomic E-state index is 0.0758. The van der Waals surface area contributed by atoms with Crippen LogP contribution in [0.25, 0.3) is 0 Å². The van der Waals surface area contributed by atoms with Crippen LogP contribution in [0.15, 0.2) is 11.2 Å². The van der Waals surface area contributed by atoms with Gasteiger partial charge in [0, 0.05) is 6.54 Å². The van der Waals surface area contributed by atoms with Crippen molar-refractivity contribution in [2.75, 3.05) is 24.6 Å². The first-order chi connectivity index (χ1) is 8.52. The molecule has 2 heterocycles.